The summed E-state index contributed by atoms with van der Waals surface area (Å²) in [7, 11) is -3.58. The van der Waals surface area contributed by atoms with Crippen molar-refractivity contribution in [1.82, 2.24) is 4.72 Å². The van der Waals surface area contributed by atoms with Gasteiger partial charge in [-0.1, -0.05) is 34.8 Å². The molecule has 0 amide bonds. The third kappa shape index (κ3) is 3.56. The number of halogens is 1. The average molecular weight is 348 g/mol. The van der Waals surface area contributed by atoms with Crippen molar-refractivity contribution in [3.05, 3.63) is 28.2 Å². The van der Waals surface area contributed by atoms with Crippen LogP contribution in [0.1, 0.15) is 31.2 Å². The average Bonchev–Trinajstić information content (AvgIpc) is 2.78. The van der Waals surface area contributed by atoms with Crippen LogP contribution < -0.4 is 4.72 Å². The van der Waals surface area contributed by atoms with Gasteiger partial charge in [-0.25, -0.2) is 13.1 Å². The molecule has 0 aromatic heterocycles. The van der Waals surface area contributed by atoms with Crippen LogP contribution in [0.2, 0.25) is 0 Å². The van der Waals surface area contributed by atoms with E-state index in [4.69, 9.17) is 0 Å². The van der Waals surface area contributed by atoms with Gasteiger partial charge in [-0.2, -0.15) is 0 Å². The first-order chi connectivity index (χ1) is 8.82. The largest absolute Gasteiger partial charge is 0.389 e. The first kappa shape index (κ1) is 15.0. The van der Waals surface area contributed by atoms with Crippen molar-refractivity contribution in [2.24, 2.45) is 0 Å². The van der Waals surface area contributed by atoms with Crippen LogP contribution in [0.4, 0.5) is 0 Å². The summed E-state index contributed by atoms with van der Waals surface area (Å²) in [4.78, 5) is 0.253. The van der Waals surface area contributed by atoms with Gasteiger partial charge in [-0.15, -0.1) is 0 Å². The molecule has 1 aromatic rings. The Hall–Kier alpha value is -0.430. The van der Waals surface area contributed by atoms with Crippen LogP contribution in [-0.2, 0) is 10.0 Å². The fourth-order valence-corrected chi connectivity index (χ4v) is 4.28. The summed E-state index contributed by atoms with van der Waals surface area (Å²) in [6.07, 6.45) is 3.22. The van der Waals surface area contributed by atoms with E-state index in [0.717, 1.165) is 17.3 Å². The molecule has 0 unspecified atom stereocenters. The van der Waals surface area contributed by atoms with Crippen molar-refractivity contribution in [3.63, 3.8) is 0 Å². The molecule has 19 heavy (non-hydrogen) atoms. The quantitative estimate of drug-likeness (QED) is 0.878. The smallest absolute Gasteiger partial charge is 0.240 e. The van der Waals surface area contributed by atoms with Crippen molar-refractivity contribution >= 4 is 26.0 Å². The minimum atomic E-state index is -3.58. The molecule has 2 rings (SSSR count). The second-order valence-electron chi connectivity index (χ2n) is 5.17. The van der Waals surface area contributed by atoms with Gasteiger partial charge in [-0.05, 0) is 37.5 Å². The van der Waals surface area contributed by atoms with E-state index >= 15 is 0 Å². The zero-order chi connectivity index (χ0) is 14.1. The standard InChI is InChI=1S/C13H18BrNO3S/c1-10-4-5-11(14)8-12(10)19(17,18)15-9-13(16)6-2-3-7-13/h4-5,8,15-16H,2-3,6-7,9H2,1H3. The lowest BCUT2D eigenvalue weighted by Gasteiger charge is -2.22. The van der Waals surface area contributed by atoms with Gasteiger partial charge >= 0.3 is 0 Å². The molecule has 1 aliphatic carbocycles. The number of hydrogen-bond acceptors (Lipinski definition) is 3. The minimum Gasteiger partial charge on any atom is -0.389 e. The molecular weight excluding hydrogens is 330 g/mol. The monoisotopic (exact) mass is 347 g/mol. The molecule has 1 saturated carbocycles. The van der Waals surface area contributed by atoms with Crippen molar-refractivity contribution < 1.29 is 13.5 Å². The molecule has 0 saturated heterocycles. The second kappa shape index (κ2) is 5.52. The zero-order valence-corrected chi connectivity index (χ0v) is 13.2. The maximum atomic E-state index is 12.3. The van der Waals surface area contributed by atoms with E-state index < -0.39 is 15.6 Å². The number of benzene rings is 1. The van der Waals surface area contributed by atoms with E-state index in [1.54, 1.807) is 25.1 Å². The normalized spacial score (nSPS) is 18.7. The Morgan fingerprint density at radius 3 is 2.63 bits per heavy atom. The Morgan fingerprint density at radius 1 is 1.37 bits per heavy atom. The van der Waals surface area contributed by atoms with Gasteiger partial charge in [0.15, 0.2) is 0 Å². The van der Waals surface area contributed by atoms with Crippen LogP contribution in [0.25, 0.3) is 0 Å². The van der Waals surface area contributed by atoms with Crippen molar-refractivity contribution in [3.8, 4) is 0 Å². The molecule has 0 atom stereocenters. The molecule has 0 aliphatic heterocycles. The topological polar surface area (TPSA) is 66.4 Å². The van der Waals surface area contributed by atoms with E-state index in [1.165, 1.54) is 0 Å². The number of aliphatic hydroxyl groups is 1. The van der Waals surface area contributed by atoms with Crippen molar-refractivity contribution in [1.29, 1.82) is 0 Å². The van der Waals surface area contributed by atoms with Crippen LogP contribution in [0, 0.1) is 6.92 Å². The Bertz CT molecular complexity index is 565. The summed E-state index contributed by atoms with van der Waals surface area (Å²) in [5.41, 5.74) is -0.193. The lowest BCUT2D eigenvalue weighted by Crippen LogP contribution is -2.40. The number of aryl methyl sites for hydroxylation is 1. The van der Waals surface area contributed by atoms with Crippen LogP contribution in [0.15, 0.2) is 27.6 Å². The molecule has 0 bridgehead atoms. The Balaban J connectivity index is 2.16. The van der Waals surface area contributed by atoms with Crippen molar-refractivity contribution in [2.75, 3.05) is 6.54 Å². The number of sulfonamides is 1. The molecule has 1 fully saturated rings. The van der Waals surface area contributed by atoms with E-state index in [2.05, 4.69) is 20.7 Å². The molecule has 4 nitrogen and oxygen atoms in total. The molecule has 6 heteroatoms. The maximum absolute atomic E-state index is 12.3. The fraction of sp³-hybridized carbons (Fsp3) is 0.538. The van der Waals surface area contributed by atoms with Gasteiger partial charge in [0, 0.05) is 11.0 Å². The summed E-state index contributed by atoms with van der Waals surface area (Å²) in [6, 6.07) is 5.14. The van der Waals surface area contributed by atoms with Crippen LogP contribution in [0.5, 0.6) is 0 Å². The highest BCUT2D eigenvalue weighted by atomic mass is 79.9. The highest BCUT2D eigenvalue weighted by molar-refractivity contribution is 9.10. The van der Waals surface area contributed by atoms with Gasteiger partial charge in [0.05, 0.1) is 10.5 Å². The minimum absolute atomic E-state index is 0.0846. The predicted octanol–water partition coefficient (Wildman–Crippen LogP) is 2.34. The van der Waals surface area contributed by atoms with Gasteiger partial charge in [-0.3, -0.25) is 0 Å². The molecule has 0 radical (unpaired) electrons. The lowest BCUT2D eigenvalue weighted by molar-refractivity contribution is 0.0531. The first-order valence-electron chi connectivity index (χ1n) is 6.31. The Kier molecular flexibility index (Phi) is 4.35. The van der Waals surface area contributed by atoms with E-state index in [9.17, 15) is 13.5 Å². The second-order valence-corrected chi connectivity index (χ2v) is 7.82. The van der Waals surface area contributed by atoms with Crippen LogP contribution in [-0.4, -0.2) is 25.7 Å². The molecule has 1 aromatic carbocycles. The molecule has 0 spiro atoms. The Morgan fingerprint density at radius 2 is 2.00 bits per heavy atom. The third-order valence-electron chi connectivity index (χ3n) is 3.57. The van der Waals surface area contributed by atoms with Crippen LogP contribution >= 0.6 is 15.9 Å². The number of rotatable bonds is 4. The molecular formula is C13H18BrNO3S. The molecule has 0 heterocycles. The highest BCUT2D eigenvalue weighted by Gasteiger charge is 2.32. The fourth-order valence-electron chi connectivity index (χ4n) is 2.38. The summed E-state index contributed by atoms with van der Waals surface area (Å²) in [5, 5.41) is 10.2. The van der Waals surface area contributed by atoms with Crippen molar-refractivity contribution in [2.45, 2.75) is 43.1 Å². The van der Waals surface area contributed by atoms with E-state index in [1.807, 2.05) is 0 Å². The molecule has 1 aliphatic rings. The maximum Gasteiger partial charge on any atom is 0.240 e. The summed E-state index contributed by atoms with van der Waals surface area (Å²) in [6.45, 7) is 1.84. The summed E-state index contributed by atoms with van der Waals surface area (Å²) in [5.74, 6) is 0. The third-order valence-corrected chi connectivity index (χ3v) is 5.60. The molecule has 2 N–H and O–H groups in total. The Labute approximate surface area is 122 Å². The van der Waals surface area contributed by atoms with Gasteiger partial charge in [0.2, 0.25) is 10.0 Å². The summed E-state index contributed by atoms with van der Waals surface area (Å²) < 4.78 is 27.8. The number of nitrogens with one attached hydrogen (secondary N) is 1. The number of hydrogen-bond donors (Lipinski definition) is 2. The predicted molar refractivity (Wildman–Crippen MR) is 77.5 cm³/mol. The first-order valence-corrected chi connectivity index (χ1v) is 8.58. The molecule has 106 valence electrons. The zero-order valence-electron chi connectivity index (χ0n) is 10.8. The van der Waals surface area contributed by atoms with E-state index in [0.29, 0.717) is 18.4 Å². The van der Waals surface area contributed by atoms with Gasteiger partial charge in [0.25, 0.3) is 0 Å². The van der Waals surface area contributed by atoms with Gasteiger partial charge < -0.3 is 5.11 Å². The van der Waals surface area contributed by atoms with Crippen LogP contribution in [0.3, 0.4) is 0 Å². The lowest BCUT2D eigenvalue weighted by atomic mass is 10.0. The van der Waals surface area contributed by atoms with Gasteiger partial charge in [0.1, 0.15) is 0 Å². The summed E-state index contributed by atoms with van der Waals surface area (Å²) >= 11 is 3.28. The van der Waals surface area contributed by atoms with E-state index in [-0.39, 0.29) is 11.4 Å². The highest BCUT2D eigenvalue weighted by Crippen LogP contribution is 2.29. The SMILES string of the molecule is Cc1ccc(Br)cc1S(=O)(=O)NCC1(O)CCCC1.